The average molecular weight is 483 g/mol. The van der Waals surface area contributed by atoms with Gasteiger partial charge in [0.05, 0.1) is 0 Å². The summed E-state index contributed by atoms with van der Waals surface area (Å²) in [7, 11) is 0. The van der Waals surface area contributed by atoms with Crippen LogP contribution in [0.1, 0.15) is 54.9 Å². The highest BCUT2D eigenvalue weighted by atomic mass is 127. The first-order chi connectivity index (χ1) is 13.0. The number of alkyl halides is 1. The van der Waals surface area contributed by atoms with E-state index in [2.05, 4.69) is 50.5 Å². The predicted molar refractivity (Wildman–Crippen MR) is 109 cm³/mol. The minimum Gasteiger partial charge on any atom is -0.382 e. The second-order valence-corrected chi connectivity index (χ2v) is 8.07. The van der Waals surface area contributed by atoms with E-state index in [1.807, 2.05) is 10.6 Å². The number of fused-ring (bicyclic) bond motifs is 2. The second-order valence-electron chi connectivity index (χ2n) is 6.91. The highest BCUT2D eigenvalue weighted by Gasteiger charge is 2.24. The van der Waals surface area contributed by atoms with Crippen molar-refractivity contribution in [2.75, 3.05) is 5.73 Å². The summed E-state index contributed by atoms with van der Waals surface area (Å²) in [6.07, 6.45) is 2.00. The molecule has 0 amide bonds. The Kier molecular flexibility index (Phi) is 5.00. The van der Waals surface area contributed by atoms with Gasteiger partial charge in [0.15, 0.2) is 17.0 Å². The van der Waals surface area contributed by atoms with Crippen LogP contribution < -0.4 is 5.73 Å². The van der Waals surface area contributed by atoms with E-state index in [9.17, 15) is 8.78 Å². The van der Waals surface area contributed by atoms with Crippen LogP contribution in [0.5, 0.6) is 0 Å². The van der Waals surface area contributed by atoms with Crippen molar-refractivity contribution in [3.63, 3.8) is 0 Å². The van der Waals surface area contributed by atoms with E-state index in [-0.39, 0.29) is 5.82 Å². The molecule has 0 bridgehead atoms. The molecule has 8 heteroatoms. The van der Waals surface area contributed by atoms with Crippen LogP contribution in [-0.4, -0.2) is 19.5 Å². The molecule has 1 atom stereocenters. The molecule has 2 heterocycles. The normalized spacial score (nSPS) is 16.2. The molecule has 1 aliphatic rings. The highest BCUT2D eigenvalue weighted by molar-refractivity contribution is 14.1. The maximum Gasteiger partial charge on any atom is 0.312 e. The molecule has 5 nitrogen and oxygen atoms in total. The van der Waals surface area contributed by atoms with Gasteiger partial charge in [0, 0.05) is 16.5 Å². The number of benzene rings is 1. The lowest BCUT2D eigenvalue weighted by Gasteiger charge is -2.11. The zero-order valence-corrected chi connectivity index (χ0v) is 17.1. The topological polar surface area (TPSA) is 69.6 Å². The van der Waals surface area contributed by atoms with Crippen molar-refractivity contribution in [3.05, 3.63) is 44.3 Å². The number of hydrogen-bond donors (Lipinski definition) is 1. The maximum atomic E-state index is 14.2. The first kappa shape index (κ1) is 18.5. The Morgan fingerprint density at radius 3 is 2.89 bits per heavy atom. The molecule has 1 unspecified atom stereocenters. The van der Waals surface area contributed by atoms with Gasteiger partial charge in [0.1, 0.15) is 12.0 Å². The van der Waals surface area contributed by atoms with Gasteiger partial charge >= 0.3 is 6.08 Å². The number of rotatable bonds is 5. The third kappa shape index (κ3) is 3.39. The molecule has 1 aromatic carbocycles. The largest absolute Gasteiger partial charge is 0.382 e. The summed E-state index contributed by atoms with van der Waals surface area (Å²) < 4.78 is 30.9. The summed E-state index contributed by atoms with van der Waals surface area (Å²) in [5.74, 6) is 0.790. The Hall–Kier alpha value is -1.84. The summed E-state index contributed by atoms with van der Waals surface area (Å²) in [6, 6.07) is 4.02. The quantitative estimate of drug-likeness (QED) is 0.429. The van der Waals surface area contributed by atoms with E-state index in [4.69, 9.17) is 5.73 Å². The monoisotopic (exact) mass is 483 g/mol. The van der Waals surface area contributed by atoms with E-state index in [0.29, 0.717) is 30.6 Å². The smallest absolute Gasteiger partial charge is 0.312 e. The third-order valence-electron chi connectivity index (χ3n) is 5.07. The van der Waals surface area contributed by atoms with E-state index in [1.54, 1.807) is 0 Å². The molecule has 3 aromatic rings. The van der Waals surface area contributed by atoms with E-state index in [0.717, 1.165) is 45.3 Å². The van der Waals surface area contributed by atoms with Crippen LogP contribution in [0.4, 0.5) is 14.6 Å². The molecule has 142 valence electrons. The van der Waals surface area contributed by atoms with Gasteiger partial charge in [-0.25, -0.2) is 9.37 Å². The minimum absolute atomic E-state index is 0.0430. The molecule has 2 aromatic heterocycles. The van der Waals surface area contributed by atoms with Crippen molar-refractivity contribution >= 4 is 39.6 Å². The van der Waals surface area contributed by atoms with Gasteiger partial charge in [-0.1, -0.05) is 19.4 Å². The van der Waals surface area contributed by atoms with Crippen molar-refractivity contribution < 1.29 is 8.78 Å². The van der Waals surface area contributed by atoms with Gasteiger partial charge < -0.3 is 10.3 Å². The van der Waals surface area contributed by atoms with Crippen molar-refractivity contribution in [1.82, 2.24) is 19.5 Å². The van der Waals surface area contributed by atoms with Crippen LogP contribution in [0.2, 0.25) is 0 Å². The number of anilines is 1. The Balaban J connectivity index is 1.80. The molecular formula is C19H20F2IN5. The Morgan fingerprint density at radius 2 is 2.11 bits per heavy atom. The lowest BCUT2D eigenvalue weighted by Crippen LogP contribution is -2.07. The number of nitrogens with zero attached hydrogens (tertiary/aromatic N) is 4. The standard InChI is InChI=1S/C19H20F2IN5/c1-2-3-6-27-15(24-16-17(23)25-19(21)26-18(16)27)9-11-7-12-10(8-14(11)22)4-5-13(12)20/h7-8,13H,2-6,9H2,1H3,(H2,23,25,26). The second kappa shape index (κ2) is 7.29. The molecule has 0 fully saturated rings. The number of hydrogen-bond acceptors (Lipinski definition) is 4. The number of aromatic nitrogens is 4. The molecule has 0 aliphatic heterocycles. The van der Waals surface area contributed by atoms with Crippen LogP contribution >= 0.6 is 22.6 Å². The van der Waals surface area contributed by atoms with Gasteiger partial charge in [0.25, 0.3) is 0 Å². The van der Waals surface area contributed by atoms with Gasteiger partial charge in [0.2, 0.25) is 0 Å². The van der Waals surface area contributed by atoms with E-state index in [1.165, 1.54) is 0 Å². The van der Waals surface area contributed by atoms with Crippen molar-refractivity contribution in [3.8, 4) is 0 Å². The zero-order valence-electron chi connectivity index (χ0n) is 15.0. The summed E-state index contributed by atoms with van der Waals surface area (Å²) in [4.78, 5) is 12.1. The molecular weight excluding hydrogens is 463 g/mol. The Labute approximate surface area is 169 Å². The first-order valence-electron chi connectivity index (χ1n) is 9.11. The first-order valence-corrected chi connectivity index (χ1v) is 10.2. The van der Waals surface area contributed by atoms with E-state index >= 15 is 0 Å². The molecule has 1 aliphatic carbocycles. The summed E-state index contributed by atoms with van der Waals surface area (Å²) in [5.41, 5.74) is 9.59. The molecule has 0 spiro atoms. The van der Waals surface area contributed by atoms with Crippen LogP contribution in [0.15, 0.2) is 12.1 Å². The fraction of sp³-hybridized carbons (Fsp3) is 0.421. The predicted octanol–water partition coefficient (Wildman–Crippen LogP) is 4.50. The van der Waals surface area contributed by atoms with Crippen LogP contribution in [0.3, 0.4) is 0 Å². The summed E-state index contributed by atoms with van der Waals surface area (Å²) >= 11 is 2.29. The van der Waals surface area contributed by atoms with Crippen molar-refractivity contribution in [2.45, 2.75) is 51.7 Å². The van der Waals surface area contributed by atoms with Crippen LogP contribution in [-0.2, 0) is 19.4 Å². The Bertz CT molecular complexity index is 1020. The summed E-state index contributed by atoms with van der Waals surface area (Å²) in [6.45, 7) is 2.76. The van der Waals surface area contributed by atoms with E-state index < -0.39 is 12.2 Å². The number of nitrogens with two attached hydrogens (primary N) is 1. The molecule has 0 saturated heterocycles. The fourth-order valence-electron chi connectivity index (χ4n) is 3.66. The zero-order chi connectivity index (χ0) is 19.1. The number of nitrogen functional groups attached to an aromatic ring is 1. The average Bonchev–Trinajstić information content (AvgIpc) is 3.14. The lowest BCUT2D eigenvalue weighted by molar-refractivity contribution is 0.343. The summed E-state index contributed by atoms with van der Waals surface area (Å²) in [5, 5.41) is 0. The molecule has 0 saturated carbocycles. The number of halogens is 3. The van der Waals surface area contributed by atoms with Gasteiger partial charge in [-0.3, -0.25) is 0 Å². The fourth-order valence-corrected chi connectivity index (χ4v) is 4.38. The van der Waals surface area contributed by atoms with Gasteiger partial charge in [-0.15, -0.1) is 0 Å². The Morgan fingerprint density at radius 1 is 1.30 bits per heavy atom. The molecule has 2 N–H and O–H groups in total. The van der Waals surface area contributed by atoms with Gasteiger partial charge in [-0.05, 0) is 64.6 Å². The highest BCUT2D eigenvalue weighted by Crippen LogP contribution is 2.36. The number of imidazole rings is 1. The molecule has 0 radical (unpaired) electrons. The minimum atomic E-state index is -0.898. The van der Waals surface area contributed by atoms with Crippen molar-refractivity contribution in [1.29, 1.82) is 0 Å². The number of unbranched alkanes of at least 4 members (excludes halogenated alkanes) is 1. The molecule has 27 heavy (non-hydrogen) atoms. The van der Waals surface area contributed by atoms with Crippen molar-refractivity contribution in [2.24, 2.45) is 0 Å². The lowest BCUT2D eigenvalue weighted by atomic mass is 10.0. The third-order valence-corrected chi connectivity index (χ3v) is 6.07. The van der Waals surface area contributed by atoms with Crippen LogP contribution in [0, 0.1) is 9.65 Å². The van der Waals surface area contributed by atoms with Crippen LogP contribution in [0.25, 0.3) is 11.2 Å². The molecule has 4 rings (SSSR count). The SMILES string of the molecule is CCCCn1c(Cc2cc3c(cc2I)CCC3F)nc2c(N)nc(F)nc21. The number of aryl methyl sites for hydroxylation is 2. The van der Waals surface area contributed by atoms with Gasteiger partial charge in [-0.2, -0.15) is 14.4 Å². The maximum absolute atomic E-state index is 14.2.